The van der Waals surface area contributed by atoms with Crippen molar-refractivity contribution in [3.63, 3.8) is 0 Å². The number of sulfonamides is 1. The van der Waals surface area contributed by atoms with Gasteiger partial charge in [0, 0.05) is 37.7 Å². The van der Waals surface area contributed by atoms with Crippen LogP contribution in [0, 0.1) is 12.8 Å². The number of ether oxygens (including phenoxy) is 3. The number of piperidine rings is 1. The molecule has 1 amide bonds. The summed E-state index contributed by atoms with van der Waals surface area (Å²) in [7, 11) is -3.65. The van der Waals surface area contributed by atoms with Crippen LogP contribution < -0.4 is 0 Å². The minimum absolute atomic E-state index is 0.135. The lowest BCUT2D eigenvalue weighted by Crippen LogP contribution is -2.44. The lowest BCUT2D eigenvalue weighted by molar-refractivity contribution is -0.0969. The maximum atomic E-state index is 13.3. The molecule has 4 rings (SSSR count). The van der Waals surface area contributed by atoms with Gasteiger partial charge in [-0.3, -0.25) is 4.79 Å². The molecule has 3 aliphatic heterocycles. The molecule has 9 heteroatoms. The van der Waals surface area contributed by atoms with Crippen LogP contribution in [-0.2, 0) is 24.2 Å². The van der Waals surface area contributed by atoms with Gasteiger partial charge in [-0.05, 0) is 37.5 Å². The molecule has 1 atom stereocenters. The third kappa shape index (κ3) is 4.34. The highest BCUT2D eigenvalue weighted by Crippen LogP contribution is 2.27. The third-order valence-corrected chi connectivity index (χ3v) is 7.72. The molecule has 1 aromatic carbocycles. The van der Waals surface area contributed by atoms with Gasteiger partial charge in [0.25, 0.3) is 5.91 Å². The molecule has 0 aromatic heterocycles. The number of aryl methyl sites for hydroxylation is 1. The van der Waals surface area contributed by atoms with Crippen molar-refractivity contribution in [3.05, 3.63) is 29.3 Å². The number of morpholine rings is 1. The summed E-state index contributed by atoms with van der Waals surface area (Å²) >= 11 is 0. The average Bonchev–Trinajstić information content (AvgIpc) is 3.29. The highest BCUT2D eigenvalue weighted by Gasteiger charge is 2.34. The molecule has 0 bridgehead atoms. The number of carbonyl (C=O) groups is 1. The van der Waals surface area contributed by atoms with Gasteiger partial charge >= 0.3 is 0 Å². The molecule has 0 aliphatic carbocycles. The second kappa shape index (κ2) is 8.69. The monoisotopic (exact) mass is 424 g/mol. The van der Waals surface area contributed by atoms with E-state index in [0.717, 1.165) is 18.4 Å². The second-order valence-electron chi connectivity index (χ2n) is 7.76. The number of rotatable bonds is 4. The second-order valence-corrected chi connectivity index (χ2v) is 9.69. The Morgan fingerprint density at radius 1 is 1.07 bits per heavy atom. The number of nitrogens with zero attached hydrogens (tertiary/aromatic N) is 2. The molecule has 3 saturated heterocycles. The molecule has 8 nitrogen and oxygen atoms in total. The molecule has 3 fully saturated rings. The SMILES string of the molecule is Cc1ccc(S(=O)(=O)N2CCOCC2)cc1C(=O)N1CCCC(C2OCCO2)C1. The van der Waals surface area contributed by atoms with Crippen LogP contribution in [0.2, 0.25) is 0 Å². The summed E-state index contributed by atoms with van der Waals surface area (Å²) in [5, 5.41) is 0. The van der Waals surface area contributed by atoms with E-state index < -0.39 is 10.0 Å². The molecule has 160 valence electrons. The Balaban J connectivity index is 1.54. The molecule has 0 radical (unpaired) electrons. The van der Waals surface area contributed by atoms with Gasteiger partial charge in [0.15, 0.2) is 6.29 Å². The number of amides is 1. The standard InChI is InChI=1S/C20H28N2O6S/c1-15-4-5-17(29(24,25)22-7-9-26-10-8-22)13-18(15)19(23)21-6-2-3-16(14-21)20-27-11-12-28-20/h4-5,13,16,20H,2-3,6-12,14H2,1H3. The summed E-state index contributed by atoms with van der Waals surface area (Å²) in [6, 6.07) is 4.82. The Morgan fingerprint density at radius 3 is 2.52 bits per heavy atom. The number of likely N-dealkylation sites (tertiary alicyclic amines) is 1. The van der Waals surface area contributed by atoms with Crippen molar-refractivity contribution in [2.75, 3.05) is 52.6 Å². The maximum absolute atomic E-state index is 13.3. The fourth-order valence-corrected chi connectivity index (χ4v) is 5.60. The number of hydrogen-bond acceptors (Lipinski definition) is 6. The van der Waals surface area contributed by atoms with Gasteiger partial charge in [0.05, 0.1) is 31.3 Å². The lowest BCUT2D eigenvalue weighted by Gasteiger charge is -2.35. The molecule has 0 N–H and O–H groups in total. The molecule has 0 saturated carbocycles. The third-order valence-electron chi connectivity index (χ3n) is 5.82. The quantitative estimate of drug-likeness (QED) is 0.723. The largest absolute Gasteiger partial charge is 0.379 e. The topological polar surface area (TPSA) is 85.4 Å². The van der Waals surface area contributed by atoms with Crippen LogP contribution in [0.1, 0.15) is 28.8 Å². The fourth-order valence-electron chi connectivity index (χ4n) is 4.16. The number of hydrogen-bond donors (Lipinski definition) is 0. The average molecular weight is 425 g/mol. The highest BCUT2D eigenvalue weighted by atomic mass is 32.2. The summed E-state index contributed by atoms with van der Waals surface area (Å²) in [4.78, 5) is 15.2. The maximum Gasteiger partial charge on any atom is 0.254 e. The van der Waals surface area contributed by atoms with E-state index in [4.69, 9.17) is 14.2 Å². The molecule has 0 spiro atoms. The van der Waals surface area contributed by atoms with Crippen molar-refractivity contribution in [2.45, 2.75) is 31.0 Å². The fraction of sp³-hybridized carbons (Fsp3) is 0.650. The van der Waals surface area contributed by atoms with E-state index in [-0.39, 0.29) is 23.0 Å². The first-order valence-electron chi connectivity index (χ1n) is 10.2. The highest BCUT2D eigenvalue weighted by molar-refractivity contribution is 7.89. The van der Waals surface area contributed by atoms with Gasteiger partial charge in [0.1, 0.15) is 0 Å². The van der Waals surface area contributed by atoms with Crippen molar-refractivity contribution in [3.8, 4) is 0 Å². The van der Waals surface area contributed by atoms with Crippen molar-refractivity contribution < 1.29 is 27.4 Å². The van der Waals surface area contributed by atoms with Crippen LogP contribution >= 0.6 is 0 Å². The smallest absolute Gasteiger partial charge is 0.254 e. The Morgan fingerprint density at radius 2 is 1.79 bits per heavy atom. The zero-order valence-electron chi connectivity index (χ0n) is 16.7. The molecule has 3 aliphatic rings. The molecule has 29 heavy (non-hydrogen) atoms. The predicted molar refractivity (Wildman–Crippen MR) is 105 cm³/mol. The van der Waals surface area contributed by atoms with Crippen LogP contribution in [0.25, 0.3) is 0 Å². The minimum atomic E-state index is -3.65. The summed E-state index contributed by atoms with van der Waals surface area (Å²) in [5.41, 5.74) is 1.21. The van der Waals surface area contributed by atoms with Crippen LogP contribution in [0.15, 0.2) is 23.1 Å². The van der Waals surface area contributed by atoms with E-state index in [2.05, 4.69) is 0 Å². The Kier molecular flexibility index (Phi) is 6.21. The van der Waals surface area contributed by atoms with Gasteiger partial charge in [-0.2, -0.15) is 4.31 Å². The van der Waals surface area contributed by atoms with Crippen LogP contribution in [0.4, 0.5) is 0 Å². The normalized spacial score (nSPS) is 24.7. The Bertz CT molecular complexity index is 847. The van der Waals surface area contributed by atoms with Gasteiger partial charge in [-0.15, -0.1) is 0 Å². The van der Waals surface area contributed by atoms with Crippen molar-refractivity contribution in [1.82, 2.24) is 9.21 Å². The van der Waals surface area contributed by atoms with Crippen molar-refractivity contribution >= 4 is 15.9 Å². The predicted octanol–water partition coefficient (Wildman–Crippen LogP) is 1.24. The first kappa shape index (κ1) is 20.7. The van der Waals surface area contributed by atoms with Gasteiger partial charge in [-0.1, -0.05) is 6.07 Å². The Hall–Kier alpha value is -1.52. The lowest BCUT2D eigenvalue weighted by atomic mass is 9.96. The van der Waals surface area contributed by atoms with Crippen molar-refractivity contribution in [1.29, 1.82) is 0 Å². The van der Waals surface area contributed by atoms with E-state index >= 15 is 0 Å². The molecule has 3 heterocycles. The van der Waals surface area contributed by atoms with E-state index in [1.165, 1.54) is 10.4 Å². The summed E-state index contributed by atoms with van der Waals surface area (Å²) in [6.07, 6.45) is 1.59. The van der Waals surface area contributed by atoms with E-state index in [1.54, 1.807) is 17.0 Å². The zero-order chi connectivity index (χ0) is 20.4. The molecular weight excluding hydrogens is 396 g/mol. The summed E-state index contributed by atoms with van der Waals surface area (Å²) in [5.74, 6) is 0.0139. The van der Waals surface area contributed by atoms with E-state index in [1.807, 2.05) is 6.92 Å². The van der Waals surface area contributed by atoms with Crippen LogP contribution in [0.3, 0.4) is 0 Å². The van der Waals surface area contributed by atoms with E-state index in [0.29, 0.717) is 58.2 Å². The zero-order valence-corrected chi connectivity index (χ0v) is 17.5. The van der Waals surface area contributed by atoms with Gasteiger partial charge in [0.2, 0.25) is 10.0 Å². The van der Waals surface area contributed by atoms with Crippen molar-refractivity contribution in [2.24, 2.45) is 5.92 Å². The Labute approximate surface area is 171 Å². The molecule has 1 unspecified atom stereocenters. The van der Waals surface area contributed by atoms with Gasteiger partial charge < -0.3 is 19.1 Å². The number of benzene rings is 1. The molecular formula is C20H28N2O6S. The van der Waals surface area contributed by atoms with E-state index in [9.17, 15) is 13.2 Å². The number of carbonyl (C=O) groups excluding carboxylic acids is 1. The minimum Gasteiger partial charge on any atom is -0.379 e. The summed E-state index contributed by atoms with van der Waals surface area (Å²) < 4.78 is 43.9. The summed E-state index contributed by atoms with van der Waals surface area (Å²) in [6.45, 7) is 5.66. The first-order valence-corrected chi connectivity index (χ1v) is 11.6. The first-order chi connectivity index (χ1) is 14.0. The molecule has 1 aromatic rings. The van der Waals surface area contributed by atoms with Gasteiger partial charge in [-0.25, -0.2) is 8.42 Å². The van der Waals surface area contributed by atoms with Crippen LogP contribution in [-0.4, -0.2) is 82.4 Å². The van der Waals surface area contributed by atoms with Crippen LogP contribution in [0.5, 0.6) is 0 Å².